The van der Waals surface area contributed by atoms with E-state index in [1.54, 1.807) is 38.1 Å². The average Bonchev–Trinajstić information content (AvgIpc) is 2.55. The molecule has 0 aliphatic heterocycles. The third-order valence-electron chi connectivity index (χ3n) is 3.95. The van der Waals surface area contributed by atoms with E-state index in [-0.39, 0.29) is 24.1 Å². The Morgan fingerprint density at radius 1 is 1.29 bits per heavy atom. The lowest BCUT2D eigenvalue weighted by molar-refractivity contribution is -0.126. The topological polar surface area (TPSA) is 58.6 Å². The highest BCUT2D eigenvalue weighted by Crippen LogP contribution is 2.26. The second-order valence-corrected chi connectivity index (χ2v) is 6.00. The Bertz CT molecular complexity index is 701. The number of carbonyl (C=O) groups is 1. The Hall–Kier alpha value is -2.40. The highest BCUT2D eigenvalue weighted by molar-refractivity contribution is 5.77. The van der Waals surface area contributed by atoms with E-state index >= 15 is 0 Å². The minimum Gasteiger partial charge on any atom is -0.494 e. The maximum absolute atomic E-state index is 13.5. The zero-order chi connectivity index (χ0) is 17.7. The number of amides is 1. The molecule has 0 bridgehead atoms. The Labute approximate surface area is 141 Å². The Balaban J connectivity index is 2.04. The molecule has 0 radical (unpaired) electrons. The third kappa shape index (κ3) is 4.32. The minimum atomic E-state index is -1.26. The number of nitrogens with one attached hydrogen (secondary N) is 1. The molecule has 0 heterocycles. The lowest BCUT2D eigenvalue weighted by atomic mass is 9.92. The van der Waals surface area contributed by atoms with Crippen LogP contribution in [0.3, 0.4) is 0 Å². The number of benzene rings is 2. The Morgan fingerprint density at radius 2 is 1.96 bits per heavy atom. The molecule has 0 aromatic heterocycles. The van der Waals surface area contributed by atoms with Gasteiger partial charge in [-0.15, -0.1) is 0 Å². The predicted octanol–water partition coefficient (Wildman–Crippen LogP) is 3.31. The van der Waals surface area contributed by atoms with E-state index in [0.29, 0.717) is 5.56 Å². The molecule has 1 amide bonds. The number of carbonyl (C=O) groups excluding carboxylic acids is 1. The predicted molar refractivity (Wildman–Crippen MR) is 90.1 cm³/mol. The second-order valence-electron chi connectivity index (χ2n) is 6.00. The van der Waals surface area contributed by atoms with Gasteiger partial charge in [-0.3, -0.25) is 4.79 Å². The van der Waals surface area contributed by atoms with Gasteiger partial charge in [-0.25, -0.2) is 4.39 Å². The number of hydrogen-bond donors (Lipinski definition) is 2. The fourth-order valence-corrected chi connectivity index (χ4v) is 2.53. The number of halogens is 1. The fourth-order valence-electron chi connectivity index (χ4n) is 2.53. The van der Waals surface area contributed by atoms with Gasteiger partial charge < -0.3 is 15.2 Å². The van der Waals surface area contributed by atoms with Crippen LogP contribution >= 0.6 is 0 Å². The molecule has 0 spiro atoms. The molecule has 24 heavy (non-hydrogen) atoms. The first kappa shape index (κ1) is 17.9. The summed E-state index contributed by atoms with van der Waals surface area (Å²) in [5, 5.41) is 13.3. The van der Waals surface area contributed by atoms with Crippen molar-refractivity contribution in [2.75, 3.05) is 7.11 Å². The molecular formula is C19H22FNO3. The number of rotatable bonds is 6. The van der Waals surface area contributed by atoms with Crippen LogP contribution in [0.4, 0.5) is 4.39 Å². The Kier molecular flexibility index (Phi) is 5.57. The van der Waals surface area contributed by atoms with E-state index in [0.717, 1.165) is 5.56 Å². The quantitative estimate of drug-likeness (QED) is 0.854. The van der Waals surface area contributed by atoms with Gasteiger partial charge in [-0.05, 0) is 37.1 Å². The maximum atomic E-state index is 13.5. The molecule has 2 aromatic rings. The number of aliphatic hydroxyl groups is 1. The van der Waals surface area contributed by atoms with E-state index in [2.05, 4.69) is 5.32 Å². The van der Waals surface area contributed by atoms with Gasteiger partial charge in [0.1, 0.15) is 0 Å². The summed E-state index contributed by atoms with van der Waals surface area (Å²) < 4.78 is 18.4. The van der Waals surface area contributed by atoms with Crippen LogP contribution in [0, 0.1) is 5.82 Å². The zero-order valence-corrected chi connectivity index (χ0v) is 14.0. The number of ether oxygens (including phenoxy) is 1. The first-order chi connectivity index (χ1) is 11.3. The fraction of sp³-hybridized carbons (Fsp3) is 0.316. The molecule has 0 aliphatic rings. The van der Waals surface area contributed by atoms with Gasteiger partial charge in [0, 0.05) is 0 Å². The van der Waals surface area contributed by atoms with E-state index < -0.39 is 11.4 Å². The molecule has 2 N–H and O–H groups in total. The van der Waals surface area contributed by atoms with Crippen molar-refractivity contribution in [2.24, 2.45) is 0 Å². The van der Waals surface area contributed by atoms with Crippen LogP contribution in [0.2, 0.25) is 0 Å². The monoisotopic (exact) mass is 331 g/mol. The molecule has 2 atom stereocenters. The third-order valence-corrected chi connectivity index (χ3v) is 3.95. The summed E-state index contributed by atoms with van der Waals surface area (Å²) in [6, 6.07) is 13.2. The SMILES string of the molecule is COc1cc([C@@H](C)NC(=O)C[C@@](C)(O)c2ccccc2)ccc1F. The molecule has 0 unspecified atom stereocenters. The van der Waals surface area contributed by atoms with Crippen molar-refractivity contribution < 1.29 is 19.0 Å². The number of hydrogen-bond acceptors (Lipinski definition) is 3. The van der Waals surface area contributed by atoms with Crippen LogP contribution in [0.1, 0.15) is 37.4 Å². The summed E-state index contributed by atoms with van der Waals surface area (Å²) in [7, 11) is 1.39. The molecule has 0 saturated carbocycles. The van der Waals surface area contributed by atoms with E-state index in [4.69, 9.17) is 4.74 Å². The van der Waals surface area contributed by atoms with E-state index in [9.17, 15) is 14.3 Å². The molecule has 128 valence electrons. The van der Waals surface area contributed by atoms with Crippen molar-refractivity contribution in [3.8, 4) is 5.75 Å². The summed E-state index contributed by atoms with van der Waals surface area (Å²) in [5.41, 5.74) is 0.142. The summed E-state index contributed by atoms with van der Waals surface area (Å²) in [6.07, 6.45) is -0.0698. The smallest absolute Gasteiger partial charge is 0.223 e. The first-order valence-corrected chi connectivity index (χ1v) is 7.74. The Morgan fingerprint density at radius 3 is 2.58 bits per heavy atom. The summed E-state index contributed by atoms with van der Waals surface area (Å²) in [6.45, 7) is 3.40. The lowest BCUT2D eigenvalue weighted by Gasteiger charge is -2.24. The van der Waals surface area contributed by atoms with Crippen LogP contribution < -0.4 is 10.1 Å². The summed E-state index contributed by atoms with van der Waals surface area (Å²) in [4.78, 5) is 12.3. The summed E-state index contributed by atoms with van der Waals surface area (Å²) >= 11 is 0. The average molecular weight is 331 g/mol. The van der Waals surface area contributed by atoms with Crippen molar-refractivity contribution in [3.05, 3.63) is 65.5 Å². The van der Waals surface area contributed by atoms with Crippen molar-refractivity contribution >= 4 is 5.91 Å². The van der Waals surface area contributed by atoms with Crippen molar-refractivity contribution in [1.82, 2.24) is 5.32 Å². The summed E-state index contributed by atoms with van der Waals surface area (Å²) in [5.74, 6) is -0.615. The molecular weight excluding hydrogens is 309 g/mol. The van der Waals surface area contributed by atoms with Crippen molar-refractivity contribution in [1.29, 1.82) is 0 Å². The van der Waals surface area contributed by atoms with Gasteiger partial charge in [0.15, 0.2) is 11.6 Å². The lowest BCUT2D eigenvalue weighted by Crippen LogP contribution is -2.34. The van der Waals surface area contributed by atoms with Crippen LogP contribution in [-0.2, 0) is 10.4 Å². The highest BCUT2D eigenvalue weighted by Gasteiger charge is 2.27. The molecule has 0 aliphatic carbocycles. The second kappa shape index (κ2) is 7.45. The van der Waals surface area contributed by atoms with Gasteiger partial charge in [0.25, 0.3) is 0 Å². The molecule has 4 nitrogen and oxygen atoms in total. The first-order valence-electron chi connectivity index (χ1n) is 7.74. The standard InChI is InChI=1S/C19H22FNO3/c1-13(14-9-10-16(20)17(11-14)24-3)21-18(22)12-19(2,23)15-7-5-4-6-8-15/h4-11,13,23H,12H2,1-3H3,(H,21,22)/t13-,19-/m1/s1. The van der Waals surface area contributed by atoms with Gasteiger partial charge in [-0.2, -0.15) is 0 Å². The van der Waals surface area contributed by atoms with Crippen LogP contribution in [0.25, 0.3) is 0 Å². The van der Waals surface area contributed by atoms with Crippen LogP contribution in [0.5, 0.6) is 5.75 Å². The molecule has 2 rings (SSSR count). The van der Waals surface area contributed by atoms with Crippen molar-refractivity contribution in [2.45, 2.75) is 31.9 Å². The molecule has 2 aromatic carbocycles. The van der Waals surface area contributed by atoms with Crippen molar-refractivity contribution in [3.63, 3.8) is 0 Å². The van der Waals surface area contributed by atoms with E-state index in [1.807, 2.05) is 18.2 Å². The maximum Gasteiger partial charge on any atom is 0.223 e. The van der Waals surface area contributed by atoms with E-state index in [1.165, 1.54) is 13.2 Å². The van der Waals surface area contributed by atoms with Gasteiger partial charge in [0.2, 0.25) is 5.91 Å². The highest BCUT2D eigenvalue weighted by atomic mass is 19.1. The molecule has 5 heteroatoms. The number of methoxy groups -OCH3 is 1. The van der Waals surface area contributed by atoms with Gasteiger partial charge >= 0.3 is 0 Å². The molecule has 0 saturated heterocycles. The van der Waals surface area contributed by atoms with Gasteiger partial charge in [-0.1, -0.05) is 36.4 Å². The van der Waals surface area contributed by atoms with Crippen LogP contribution in [0.15, 0.2) is 48.5 Å². The van der Waals surface area contributed by atoms with Crippen LogP contribution in [-0.4, -0.2) is 18.1 Å². The minimum absolute atomic E-state index is 0.0698. The largest absolute Gasteiger partial charge is 0.494 e. The van der Waals surface area contributed by atoms with Gasteiger partial charge in [0.05, 0.1) is 25.2 Å². The normalized spacial score (nSPS) is 14.5. The molecule has 0 fully saturated rings. The zero-order valence-electron chi connectivity index (χ0n) is 14.0.